The second-order valence-corrected chi connectivity index (χ2v) is 13.7. The van der Waals surface area contributed by atoms with Gasteiger partial charge >= 0.3 is 0 Å². The average Bonchev–Trinajstić information content (AvgIpc) is 3.46. The number of hydrogen-bond acceptors (Lipinski definition) is 11. The number of ether oxygens (including phenoxy) is 2. The largest absolute Gasteiger partial charge is 0.494 e. The second kappa shape index (κ2) is 12.8. The van der Waals surface area contributed by atoms with E-state index >= 15 is 0 Å². The van der Waals surface area contributed by atoms with Gasteiger partial charge in [-0.15, -0.1) is 0 Å². The van der Waals surface area contributed by atoms with Crippen LogP contribution in [-0.2, 0) is 16.4 Å². The fraction of sp³-hybridized carbons (Fsp3) is 0.467. The first-order valence-electron chi connectivity index (χ1n) is 14.8. The fourth-order valence-electron chi connectivity index (χ4n) is 6.03. The van der Waals surface area contributed by atoms with Crippen molar-refractivity contribution in [1.82, 2.24) is 19.8 Å². The van der Waals surface area contributed by atoms with Gasteiger partial charge in [-0.3, -0.25) is 9.62 Å². The number of likely N-dealkylation sites (N-methyl/N-ethyl adjacent to an activating group) is 1. The van der Waals surface area contributed by atoms with Crippen molar-refractivity contribution >= 4 is 56.1 Å². The maximum Gasteiger partial charge on any atom is 0.229 e. The topological polar surface area (TPSA) is 124 Å². The van der Waals surface area contributed by atoms with Crippen LogP contribution in [0.5, 0.6) is 11.5 Å². The number of nitrogens with zero attached hydrogens (tertiary/aromatic N) is 5. The molecule has 44 heavy (non-hydrogen) atoms. The minimum Gasteiger partial charge on any atom is -0.494 e. The van der Waals surface area contributed by atoms with Gasteiger partial charge in [-0.25, -0.2) is 13.4 Å². The van der Waals surface area contributed by atoms with Crippen molar-refractivity contribution in [2.45, 2.75) is 25.3 Å². The van der Waals surface area contributed by atoms with E-state index < -0.39 is 10.0 Å². The van der Waals surface area contributed by atoms with Crippen molar-refractivity contribution in [3.8, 4) is 11.5 Å². The molecule has 2 saturated heterocycles. The first-order valence-corrected chi connectivity index (χ1v) is 17.1. The molecule has 2 fully saturated rings. The number of sulfonamides is 1. The lowest BCUT2D eigenvalue weighted by molar-refractivity contribution is 0.0982. The molecule has 0 radical (unpaired) electrons. The van der Waals surface area contributed by atoms with Gasteiger partial charge in [0.1, 0.15) is 16.5 Å². The van der Waals surface area contributed by atoms with Gasteiger partial charge in [0.15, 0.2) is 5.82 Å². The molecule has 6 rings (SSSR count). The number of piperazine rings is 1. The number of rotatable bonds is 9. The lowest BCUT2D eigenvalue weighted by atomic mass is 10.0. The number of methoxy groups -OCH3 is 1. The van der Waals surface area contributed by atoms with Crippen molar-refractivity contribution in [2.75, 3.05) is 86.5 Å². The summed E-state index contributed by atoms with van der Waals surface area (Å²) < 4.78 is 38.1. The van der Waals surface area contributed by atoms with E-state index in [1.807, 2.05) is 12.1 Å². The Morgan fingerprint density at radius 2 is 1.77 bits per heavy atom. The molecule has 3 aliphatic heterocycles. The van der Waals surface area contributed by atoms with E-state index in [1.54, 1.807) is 19.2 Å². The summed E-state index contributed by atoms with van der Waals surface area (Å²) in [4.78, 5) is 16.4. The van der Waals surface area contributed by atoms with Gasteiger partial charge in [0.25, 0.3) is 0 Å². The minimum absolute atomic E-state index is 0.268. The van der Waals surface area contributed by atoms with Gasteiger partial charge in [0, 0.05) is 69.6 Å². The summed E-state index contributed by atoms with van der Waals surface area (Å²) in [7, 11) is 0.314. The van der Waals surface area contributed by atoms with Crippen LogP contribution in [0.25, 0.3) is 0 Å². The maximum absolute atomic E-state index is 12.1. The molecular weight excluding hydrogens is 604 g/mol. The fourth-order valence-corrected chi connectivity index (χ4v) is 6.74. The molecule has 0 saturated carbocycles. The number of aromatic nitrogens is 2. The first-order chi connectivity index (χ1) is 21.1. The van der Waals surface area contributed by atoms with E-state index in [4.69, 9.17) is 21.1 Å². The van der Waals surface area contributed by atoms with Crippen molar-refractivity contribution in [3.63, 3.8) is 0 Å². The molecule has 0 amide bonds. The van der Waals surface area contributed by atoms with Crippen LogP contribution in [-0.4, -0.2) is 101 Å². The lowest BCUT2D eigenvalue weighted by Crippen LogP contribution is -2.52. The summed E-state index contributed by atoms with van der Waals surface area (Å²) in [5.41, 5.74) is 3.59. The highest BCUT2D eigenvalue weighted by molar-refractivity contribution is 7.92. The third-order valence-corrected chi connectivity index (χ3v) is 9.30. The van der Waals surface area contributed by atoms with E-state index in [9.17, 15) is 8.42 Å². The van der Waals surface area contributed by atoms with E-state index in [2.05, 4.69) is 53.1 Å². The summed E-state index contributed by atoms with van der Waals surface area (Å²) in [6, 6.07) is 10.3. The quantitative estimate of drug-likeness (QED) is 0.312. The highest BCUT2D eigenvalue weighted by Crippen LogP contribution is 2.38. The number of benzene rings is 2. The van der Waals surface area contributed by atoms with Crippen molar-refractivity contribution in [2.24, 2.45) is 0 Å². The van der Waals surface area contributed by atoms with Crippen LogP contribution in [0.1, 0.15) is 18.4 Å². The number of fused-ring (bicyclic) bond motifs is 1. The van der Waals surface area contributed by atoms with Crippen LogP contribution in [0.15, 0.2) is 36.5 Å². The molecule has 0 atom stereocenters. The Hall–Kier alpha value is -3.52. The molecule has 3 aliphatic rings. The predicted molar refractivity (Wildman–Crippen MR) is 175 cm³/mol. The van der Waals surface area contributed by atoms with Gasteiger partial charge < -0.3 is 29.9 Å². The van der Waals surface area contributed by atoms with Crippen molar-refractivity contribution in [1.29, 1.82) is 0 Å². The monoisotopic (exact) mass is 642 g/mol. The number of halogens is 1. The standard InChI is InChI=1S/C30H39ClN8O4S/c1-37-11-13-39(14-12-37)21-6-9-38(10-7-21)22-4-5-24(28(17-22)42-2)34-30-32-19-23(31)29(35-30)33-25-18-27-20(8-15-43-27)16-26(25)36-44(3,40)41/h4-5,16-19,21,36H,6-15H2,1-3H3,(H2,32,33,34,35). The van der Waals surface area contributed by atoms with Gasteiger partial charge in [-0.05, 0) is 43.7 Å². The van der Waals surface area contributed by atoms with Crippen LogP contribution in [0.4, 0.5) is 34.5 Å². The Morgan fingerprint density at radius 3 is 2.50 bits per heavy atom. The van der Waals surface area contributed by atoms with Crippen LogP contribution in [0.2, 0.25) is 5.02 Å². The third-order valence-electron chi connectivity index (χ3n) is 8.44. The molecule has 236 valence electrons. The van der Waals surface area contributed by atoms with Gasteiger partial charge in [0.2, 0.25) is 16.0 Å². The molecular formula is C30H39ClN8O4S. The zero-order valence-corrected chi connectivity index (χ0v) is 26.8. The Bertz CT molecular complexity index is 1610. The zero-order chi connectivity index (χ0) is 30.8. The molecule has 0 bridgehead atoms. The lowest BCUT2D eigenvalue weighted by Gasteiger charge is -2.42. The normalized spacial score (nSPS) is 18.0. The Balaban J connectivity index is 1.16. The number of nitrogens with one attached hydrogen (secondary N) is 3. The highest BCUT2D eigenvalue weighted by atomic mass is 35.5. The SMILES string of the molecule is COc1cc(N2CCC(N3CCN(C)CC3)CC2)ccc1Nc1ncc(Cl)c(Nc2cc3c(cc2NS(C)(=O)=O)CCO3)n1. The number of anilines is 6. The van der Waals surface area contributed by atoms with Crippen molar-refractivity contribution in [3.05, 3.63) is 47.1 Å². The summed E-state index contributed by atoms with van der Waals surface area (Å²) in [6.45, 7) is 7.14. The Morgan fingerprint density at radius 1 is 1.00 bits per heavy atom. The predicted octanol–water partition coefficient (Wildman–Crippen LogP) is 4.15. The Kier molecular flexibility index (Phi) is 8.90. The third kappa shape index (κ3) is 7.06. The number of piperidine rings is 1. The van der Waals surface area contributed by atoms with Gasteiger partial charge in [0.05, 0.1) is 43.2 Å². The van der Waals surface area contributed by atoms with E-state index in [0.717, 1.165) is 69.6 Å². The molecule has 3 N–H and O–H groups in total. The maximum atomic E-state index is 12.1. The van der Waals surface area contributed by atoms with Crippen LogP contribution in [0, 0.1) is 0 Å². The zero-order valence-electron chi connectivity index (χ0n) is 25.3. The summed E-state index contributed by atoms with van der Waals surface area (Å²) in [5.74, 6) is 1.96. The van der Waals surface area contributed by atoms with Crippen LogP contribution in [0.3, 0.4) is 0 Å². The van der Waals surface area contributed by atoms with Crippen LogP contribution >= 0.6 is 11.6 Å². The molecule has 12 nitrogen and oxygen atoms in total. The van der Waals surface area contributed by atoms with Crippen molar-refractivity contribution < 1.29 is 17.9 Å². The molecule has 3 aromatic rings. The van der Waals surface area contributed by atoms with E-state index in [-0.39, 0.29) is 5.02 Å². The Labute approximate surface area is 263 Å². The number of hydrogen-bond donors (Lipinski definition) is 3. The van der Waals surface area contributed by atoms with Gasteiger partial charge in [-0.2, -0.15) is 4.98 Å². The average molecular weight is 643 g/mol. The molecule has 0 spiro atoms. The molecule has 0 aliphatic carbocycles. The van der Waals surface area contributed by atoms with Crippen LogP contribution < -0.4 is 29.7 Å². The summed E-state index contributed by atoms with van der Waals surface area (Å²) in [6.07, 6.45) is 5.59. The molecule has 1 aromatic heterocycles. The van der Waals surface area contributed by atoms with E-state index in [0.29, 0.717) is 59.4 Å². The summed E-state index contributed by atoms with van der Waals surface area (Å²) >= 11 is 6.46. The smallest absolute Gasteiger partial charge is 0.229 e. The molecule has 4 heterocycles. The first kappa shape index (κ1) is 30.5. The summed E-state index contributed by atoms with van der Waals surface area (Å²) in [5, 5.41) is 6.67. The highest BCUT2D eigenvalue weighted by Gasteiger charge is 2.27. The minimum atomic E-state index is -3.53. The molecule has 14 heteroatoms. The second-order valence-electron chi connectivity index (χ2n) is 11.6. The molecule has 2 aromatic carbocycles. The molecule has 0 unspecified atom stereocenters. The van der Waals surface area contributed by atoms with Gasteiger partial charge in [-0.1, -0.05) is 11.6 Å². The van der Waals surface area contributed by atoms with E-state index in [1.165, 1.54) is 6.20 Å².